The Kier molecular flexibility index (Phi) is 3.33. The van der Waals surface area contributed by atoms with Gasteiger partial charge < -0.3 is 9.26 Å². The highest BCUT2D eigenvalue weighted by atomic mass is 31.2. The Morgan fingerprint density at radius 1 is 1.58 bits per heavy atom. The Bertz CT molecular complexity index is 187. The van der Waals surface area contributed by atoms with Crippen molar-refractivity contribution in [1.29, 1.82) is 0 Å². The van der Waals surface area contributed by atoms with Gasteiger partial charge in [-0.3, -0.25) is 4.57 Å². The van der Waals surface area contributed by atoms with Gasteiger partial charge in [-0.2, -0.15) is 0 Å². The highest BCUT2D eigenvalue weighted by Gasteiger charge is 2.25. The van der Waals surface area contributed by atoms with Crippen molar-refractivity contribution in [1.82, 2.24) is 0 Å². The Hall–Kier alpha value is 0.150. The van der Waals surface area contributed by atoms with E-state index < -0.39 is 7.37 Å². The second-order valence-electron chi connectivity index (χ2n) is 3.72. The van der Waals surface area contributed by atoms with Crippen LogP contribution in [-0.4, -0.2) is 32.6 Å². The molecule has 0 saturated carbocycles. The third-order valence-corrected chi connectivity index (χ3v) is 2.86. The molecule has 1 saturated heterocycles. The molecule has 0 aromatic heterocycles. The van der Waals surface area contributed by atoms with Crippen molar-refractivity contribution in [3.63, 3.8) is 0 Å². The molecule has 3 nitrogen and oxygen atoms in total. The zero-order chi connectivity index (χ0) is 9.19. The lowest BCUT2D eigenvalue weighted by atomic mass is 10.1. The lowest BCUT2D eigenvalue weighted by molar-refractivity contribution is 0.0533. The molecule has 4 heteroatoms. The van der Waals surface area contributed by atoms with Gasteiger partial charge in [-0.05, 0) is 12.3 Å². The molecule has 0 aromatic rings. The fraction of sp³-hybridized carbons (Fsp3) is 1.00. The molecule has 1 aliphatic heterocycles. The molecular weight excluding hydrogens is 175 g/mol. The molecule has 0 aliphatic carbocycles. The summed E-state index contributed by atoms with van der Waals surface area (Å²) in [6.45, 7) is 6.69. The van der Waals surface area contributed by atoms with E-state index in [4.69, 9.17) is 9.26 Å². The molecule has 72 valence electrons. The first kappa shape index (κ1) is 10.2. The highest BCUT2D eigenvalue weighted by molar-refractivity contribution is 7.57. The normalized spacial score (nSPS) is 30.9. The SMILES string of the molecule is C[C@H]1CCO[C@@H]1COP(C)(C)=O. The zero-order valence-electron chi connectivity index (χ0n) is 7.95. The monoisotopic (exact) mass is 192 g/mol. The topological polar surface area (TPSA) is 35.5 Å². The molecule has 2 atom stereocenters. The molecule has 0 bridgehead atoms. The molecule has 1 rings (SSSR count). The lowest BCUT2D eigenvalue weighted by Crippen LogP contribution is -2.19. The van der Waals surface area contributed by atoms with Crippen molar-refractivity contribution in [2.75, 3.05) is 26.5 Å². The Morgan fingerprint density at radius 3 is 2.67 bits per heavy atom. The fourth-order valence-electron chi connectivity index (χ4n) is 1.22. The van der Waals surface area contributed by atoms with Crippen molar-refractivity contribution in [3.8, 4) is 0 Å². The maximum absolute atomic E-state index is 11.2. The van der Waals surface area contributed by atoms with Gasteiger partial charge in [-0.15, -0.1) is 0 Å². The summed E-state index contributed by atoms with van der Waals surface area (Å²) >= 11 is 0. The van der Waals surface area contributed by atoms with E-state index in [1.165, 1.54) is 0 Å². The van der Waals surface area contributed by atoms with E-state index in [1.807, 2.05) is 0 Å². The average molecular weight is 192 g/mol. The molecule has 0 radical (unpaired) electrons. The molecule has 1 aliphatic rings. The minimum atomic E-state index is -2.32. The van der Waals surface area contributed by atoms with Crippen molar-refractivity contribution in [2.45, 2.75) is 19.4 Å². The van der Waals surface area contributed by atoms with Crippen molar-refractivity contribution >= 4 is 7.37 Å². The third kappa shape index (κ3) is 3.26. The average Bonchev–Trinajstić information content (AvgIpc) is 2.29. The van der Waals surface area contributed by atoms with E-state index in [-0.39, 0.29) is 6.10 Å². The number of hydrogen-bond donors (Lipinski definition) is 0. The summed E-state index contributed by atoms with van der Waals surface area (Å²) < 4.78 is 21.8. The van der Waals surface area contributed by atoms with Gasteiger partial charge in [0.05, 0.1) is 12.7 Å². The third-order valence-electron chi connectivity index (χ3n) is 2.09. The van der Waals surface area contributed by atoms with Gasteiger partial charge in [0.25, 0.3) is 0 Å². The van der Waals surface area contributed by atoms with E-state index >= 15 is 0 Å². The van der Waals surface area contributed by atoms with Crippen LogP contribution in [0, 0.1) is 5.92 Å². The number of ether oxygens (including phenoxy) is 1. The van der Waals surface area contributed by atoms with Crippen molar-refractivity contribution in [2.24, 2.45) is 5.92 Å². The molecule has 1 fully saturated rings. The van der Waals surface area contributed by atoms with E-state index in [2.05, 4.69) is 6.92 Å². The molecule has 0 spiro atoms. The quantitative estimate of drug-likeness (QED) is 0.641. The molecular formula is C8H17O3P. The Labute approximate surface area is 73.9 Å². The van der Waals surface area contributed by atoms with Crippen LogP contribution in [0.15, 0.2) is 0 Å². The maximum atomic E-state index is 11.2. The van der Waals surface area contributed by atoms with E-state index in [0.29, 0.717) is 12.5 Å². The standard InChI is InChI=1S/C8H17O3P/c1-7-4-5-10-8(7)6-11-12(2,3)9/h7-8H,4-6H2,1-3H3/t7-,8+/m0/s1. The smallest absolute Gasteiger partial charge is 0.197 e. The van der Waals surface area contributed by atoms with Crippen LogP contribution in [-0.2, 0) is 13.8 Å². The van der Waals surface area contributed by atoms with Gasteiger partial charge in [-0.1, -0.05) is 6.92 Å². The molecule has 12 heavy (non-hydrogen) atoms. The number of rotatable bonds is 3. The Morgan fingerprint density at radius 2 is 2.25 bits per heavy atom. The van der Waals surface area contributed by atoms with Crippen LogP contribution in [0.1, 0.15) is 13.3 Å². The molecule has 0 amide bonds. The summed E-state index contributed by atoms with van der Waals surface area (Å²) in [6.07, 6.45) is 1.24. The summed E-state index contributed by atoms with van der Waals surface area (Å²) in [5, 5.41) is 0. The lowest BCUT2D eigenvalue weighted by Gasteiger charge is -2.16. The van der Waals surface area contributed by atoms with Crippen molar-refractivity contribution < 1.29 is 13.8 Å². The van der Waals surface area contributed by atoms with Crippen LogP contribution >= 0.6 is 7.37 Å². The predicted octanol–water partition coefficient (Wildman–Crippen LogP) is 1.97. The molecule has 0 unspecified atom stereocenters. The maximum Gasteiger partial charge on any atom is 0.197 e. The van der Waals surface area contributed by atoms with Crippen LogP contribution in [0.2, 0.25) is 0 Å². The zero-order valence-corrected chi connectivity index (χ0v) is 8.84. The van der Waals surface area contributed by atoms with Gasteiger partial charge in [0.1, 0.15) is 0 Å². The highest BCUT2D eigenvalue weighted by Crippen LogP contribution is 2.38. The van der Waals surface area contributed by atoms with Crippen LogP contribution in [0.3, 0.4) is 0 Å². The predicted molar refractivity (Wildman–Crippen MR) is 48.9 cm³/mol. The minimum absolute atomic E-state index is 0.151. The van der Waals surface area contributed by atoms with Crippen LogP contribution in [0.5, 0.6) is 0 Å². The molecule has 1 heterocycles. The first-order valence-electron chi connectivity index (χ1n) is 4.30. The Balaban J connectivity index is 2.27. The molecule has 0 aromatic carbocycles. The largest absolute Gasteiger partial charge is 0.376 e. The minimum Gasteiger partial charge on any atom is -0.376 e. The van der Waals surface area contributed by atoms with Gasteiger partial charge in [0, 0.05) is 19.9 Å². The van der Waals surface area contributed by atoms with Gasteiger partial charge in [0.2, 0.25) is 0 Å². The first-order valence-corrected chi connectivity index (χ1v) is 6.82. The summed E-state index contributed by atoms with van der Waals surface area (Å²) in [7, 11) is -2.32. The van der Waals surface area contributed by atoms with Crippen LogP contribution in [0.4, 0.5) is 0 Å². The van der Waals surface area contributed by atoms with Gasteiger partial charge >= 0.3 is 0 Å². The summed E-state index contributed by atoms with van der Waals surface area (Å²) in [4.78, 5) is 0. The summed E-state index contributed by atoms with van der Waals surface area (Å²) in [6, 6.07) is 0. The van der Waals surface area contributed by atoms with E-state index in [9.17, 15) is 4.57 Å². The van der Waals surface area contributed by atoms with E-state index in [1.54, 1.807) is 13.3 Å². The second kappa shape index (κ2) is 3.91. The van der Waals surface area contributed by atoms with Crippen LogP contribution in [0.25, 0.3) is 0 Å². The fourth-order valence-corrected chi connectivity index (χ4v) is 1.73. The number of hydrogen-bond acceptors (Lipinski definition) is 3. The summed E-state index contributed by atoms with van der Waals surface area (Å²) in [5.41, 5.74) is 0. The van der Waals surface area contributed by atoms with Gasteiger partial charge in [0.15, 0.2) is 7.37 Å². The second-order valence-corrected chi connectivity index (χ2v) is 6.49. The summed E-state index contributed by atoms with van der Waals surface area (Å²) in [5.74, 6) is 0.538. The van der Waals surface area contributed by atoms with Gasteiger partial charge in [-0.25, -0.2) is 0 Å². The first-order chi connectivity index (χ1) is 5.49. The van der Waals surface area contributed by atoms with Crippen molar-refractivity contribution in [3.05, 3.63) is 0 Å². The van der Waals surface area contributed by atoms with E-state index in [0.717, 1.165) is 13.0 Å². The molecule has 0 N–H and O–H groups in total. The van der Waals surface area contributed by atoms with Crippen LogP contribution < -0.4 is 0 Å².